The normalized spacial score (nSPS) is 16.0. The van der Waals surface area contributed by atoms with Crippen molar-refractivity contribution in [1.29, 1.82) is 0 Å². The number of amides is 1. The average molecular weight is 350 g/mol. The predicted molar refractivity (Wildman–Crippen MR) is 96.0 cm³/mol. The number of carbonyl (C=O) groups is 1. The average Bonchev–Trinajstić information content (AvgIpc) is 2.67. The minimum atomic E-state index is -0.797. The van der Waals surface area contributed by atoms with Crippen LogP contribution in [-0.4, -0.2) is 24.8 Å². The SMILES string of the molecule is O=C(NN=Cc1ccc(F)cc1)[C@H]1COc2cc3ccccc3cc2O1. The van der Waals surface area contributed by atoms with Crippen LogP contribution in [0.2, 0.25) is 0 Å². The summed E-state index contributed by atoms with van der Waals surface area (Å²) in [5, 5.41) is 5.92. The van der Waals surface area contributed by atoms with Gasteiger partial charge in [-0.25, -0.2) is 9.82 Å². The smallest absolute Gasteiger partial charge is 0.284 e. The van der Waals surface area contributed by atoms with Gasteiger partial charge in [0, 0.05) is 0 Å². The molecular formula is C20H15FN2O3. The number of nitrogens with one attached hydrogen (secondary N) is 1. The molecule has 3 aromatic rings. The van der Waals surface area contributed by atoms with E-state index in [1.807, 2.05) is 36.4 Å². The van der Waals surface area contributed by atoms with E-state index in [0.29, 0.717) is 17.1 Å². The highest BCUT2D eigenvalue weighted by Crippen LogP contribution is 2.35. The number of carbonyl (C=O) groups excluding carboxylic acids is 1. The fourth-order valence-electron chi connectivity index (χ4n) is 2.68. The second-order valence-corrected chi connectivity index (χ2v) is 5.85. The van der Waals surface area contributed by atoms with E-state index in [-0.39, 0.29) is 12.4 Å². The van der Waals surface area contributed by atoms with E-state index >= 15 is 0 Å². The Morgan fingerprint density at radius 3 is 2.50 bits per heavy atom. The lowest BCUT2D eigenvalue weighted by Gasteiger charge is -2.25. The molecule has 0 unspecified atom stereocenters. The van der Waals surface area contributed by atoms with Crippen molar-refractivity contribution in [3.05, 3.63) is 72.0 Å². The molecule has 1 N–H and O–H groups in total. The third kappa shape index (κ3) is 3.35. The van der Waals surface area contributed by atoms with Gasteiger partial charge in [-0.3, -0.25) is 4.79 Å². The van der Waals surface area contributed by atoms with Gasteiger partial charge >= 0.3 is 0 Å². The second kappa shape index (κ2) is 6.84. The summed E-state index contributed by atoms with van der Waals surface area (Å²) in [4.78, 5) is 12.2. The Hall–Kier alpha value is -3.41. The molecule has 5 nitrogen and oxygen atoms in total. The zero-order valence-electron chi connectivity index (χ0n) is 13.7. The van der Waals surface area contributed by atoms with Gasteiger partial charge in [-0.05, 0) is 40.6 Å². The van der Waals surface area contributed by atoms with Gasteiger partial charge in [0.25, 0.3) is 5.91 Å². The largest absolute Gasteiger partial charge is 0.485 e. The van der Waals surface area contributed by atoms with Crippen LogP contribution in [0.1, 0.15) is 5.56 Å². The van der Waals surface area contributed by atoms with E-state index in [1.165, 1.54) is 18.3 Å². The first-order valence-corrected chi connectivity index (χ1v) is 8.10. The zero-order valence-corrected chi connectivity index (χ0v) is 13.7. The Labute approximate surface area is 149 Å². The number of benzene rings is 3. The molecule has 6 heteroatoms. The Morgan fingerprint density at radius 2 is 1.77 bits per heavy atom. The van der Waals surface area contributed by atoms with Crippen molar-refractivity contribution in [2.45, 2.75) is 6.10 Å². The van der Waals surface area contributed by atoms with E-state index in [0.717, 1.165) is 10.8 Å². The van der Waals surface area contributed by atoms with Crippen LogP contribution in [0.4, 0.5) is 4.39 Å². The Balaban J connectivity index is 1.43. The number of ether oxygens (including phenoxy) is 2. The van der Waals surface area contributed by atoms with Gasteiger partial charge < -0.3 is 9.47 Å². The summed E-state index contributed by atoms with van der Waals surface area (Å²) >= 11 is 0. The first-order valence-electron chi connectivity index (χ1n) is 8.10. The number of hydrogen-bond acceptors (Lipinski definition) is 4. The van der Waals surface area contributed by atoms with Crippen LogP contribution in [0.25, 0.3) is 10.8 Å². The van der Waals surface area contributed by atoms with E-state index < -0.39 is 12.0 Å². The molecule has 26 heavy (non-hydrogen) atoms. The molecule has 1 amide bonds. The lowest BCUT2D eigenvalue weighted by Crippen LogP contribution is -2.42. The van der Waals surface area contributed by atoms with E-state index in [1.54, 1.807) is 12.1 Å². The van der Waals surface area contributed by atoms with Gasteiger partial charge in [-0.2, -0.15) is 5.10 Å². The third-order valence-electron chi connectivity index (χ3n) is 4.02. The molecular weight excluding hydrogens is 335 g/mol. The van der Waals surface area contributed by atoms with Crippen LogP contribution < -0.4 is 14.9 Å². The number of hydrazone groups is 1. The highest BCUT2D eigenvalue weighted by Gasteiger charge is 2.27. The van der Waals surface area contributed by atoms with Crippen molar-refractivity contribution in [3.63, 3.8) is 0 Å². The minimum Gasteiger partial charge on any atom is -0.485 e. The minimum absolute atomic E-state index is 0.100. The highest BCUT2D eigenvalue weighted by molar-refractivity contribution is 5.88. The third-order valence-corrected chi connectivity index (χ3v) is 4.02. The van der Waals surface area contributed by atoms with Crippen molar-refractivity contribution in [2.75, 3.05) is 6.61 Å². The molecule has 1 aliphatic rings. The van der Waals surface area contributed by atoms with Crippen molar-refractivity contribution >= 4 is 22.9 Å². The van der Waals surface area contributed by atoms with Crippen molar-refractivity contribution < 1.29 is 18.7 Å². The van der Waals surface area contributed by atoms with E-state index in [2.05, 4.69) is 10.5 Å². The highest BCUT2D eigenvalue weighted by atomic mass is 19.1. The molecule has 1 aliphatic heterocycles. The van der Waals surface area contributed by atoms with Crippen LogP contribution in [-0.2, 0) is 4.79 Å². The molecule has 0 saturated heterocycles. The fraction of sp³-hybridized carbons (Fsp3) is 0.100. The van der Waals surface area contributed by atoms with Crippen molar-refractivity contribution in [1.82, 2.24) is 5.43 Å². The summed E-state index contributed by atoms with van der Waals surface area (Å²) in [6, 6.07) is 17.4. The lowest BCUT2D eigenvalue weighted by atomic mass is 10.1. The maximum absolute atomic E-state index is 12.9. The Bertz CT molecular complexity index is 986. The molecule has 0 saturated carbocycles. The lowest BCUT2D eigenvalue weighted by molar-refractivity contribution is -0.130. The molecule has 0 spiro atoms. The number of hydrogen-bond donors (Lipinski definition) is 1. The molecule has 0 aliphatic carbocycles. The number of nitrogens with zero attached hydrogens (tertiary/aromatic N) is 1. The second-order valence-electron chi connectivity index (χ2n) is 5.85. The Morgan fingerprint density at radius 1 is 1.08 bits per heavy atom. The van der Waals surface area contributed by atoms with Gasteiger partial charge in [-0.15, -0.1) is 0 Å². The van der Waals surface area contributed by atoms with Crippen LogP contribution in [0.3, 0.4) is 0 Å². The number of halogens is 1. The molecule has 3 aromatic carbocycles. The Kier molecular flexibility index (Phi) is 4.23. The summed E-state index contributed by atoms with van der Waals surface area (Å²) in [6.07, 6.45) is 0.636. The van der Waals surface area contributed by atoms with Crippen LogP contribution >= 0.6 is 0 Å². The quantitative estimate of drug-likeness (QED) is 0.583. The molecule has 1 atom stereocenters. The fourth-order valence-corrected chi connectivity index (χ4v) is 2.68. The number of rotatable bonds is 3. The van der Waals surface area contributed by atoms with Gasteiger partial charge in [0.2, 0.25) is 6.10 Å². The van der Waals surface area contributed by atoms with Gasteiger partial charge in [0.05, 0.1) is 6.21 Å². The van der Waals surface area contributed by atoms with E-state index in [4.69, 9.17) is 9.47 Å². The van der Waals surface area contributed by atoms with Gasteiger partial charge in [0.15, 0.2) is 11.5 Å². The maximum atomic E-state index is 12.9. The molecule has 0 radical (unpaired) electrons. The first-order chi connectivity index (χ1) is 12.7. The zero-order chi connectivity index (χ0) is 17.9. The van der Waals surface area contributed by atoms with Crippen molar-refractivity contribution in [3.8, 4) is 11.5 Å². The van der Waals surface area contributed by atoms with Gasteiger partial charge in [0.1, 0.15) is 12.4 Å². The first kappa shape index (κ1) is 16.1. The summed E-state index contributed by atoms with van der Waals surface area (Å²) in [6.45, 7) is 0.100. The molecule has 1 heterocycles. The molecule has 0 bridgehead atoms. The standard InChI is InChI=1S/C20H15FN2O3/c21-16-7-5-13(6-8-16)11-22-23-20(24)19-12-25-17-9-14-3-1-2-4-15(14)10-18(17)26-19/h1-11,19H,12H2,(H,23,24)/t19-/m1/s1. The monoisotopic (exact) mass is 350 g/mol. The van der Waals surface area contributed by atoms with Gasteiger partial charge in [-0.1, -0.05) is 36.4 Å². The van der Waals surface area contributed by atoms with Crippen LogP contribution in [0.5, 0.6) is 11.5 Å². The van der Waals surface area contributed by atoms with Crippen molar-refractivity contribution in [2.24, 2.45) is 5.10 Å². The van der Waals surface area contributed by atoms with Crippen LogP contribution in [0.15, 0.2) is 65.8 Å². The molecule has 130 valence electrons. The maximum Gasteiger partial charge on any atom is 0.284 e. The molecule has 0 fully saturated rings. The predicted octanol–water partition coefficient (Wildman–Crippen LogP) is 3.27. The molecule has 4 rings (SSSR count). The summed E-state index contributed by atoms with van der Waals surface area (Å²) in [5.41, 5.74) is 3.09. The molecule has 0 aromatic heterocycles. The number of fused-ring (bicyclic) bond motifs is 2. The summed E-state index contributed by atoms with van der Waals surface area (Å²) < 4.78 is 24.3. The van der Waals surface area contributed by atoms with E-state index in [9.17, 15) is 9.18 Å². The summed E-state index contributed by atoms with van der Waals surface area (Å²) in [7, 11) is 0. The van der Waals surface area contributed by atoms with Crippen LogP contribution in [0, 0.1) is 5.82 Å². The topological polar surface area (TPSA) is 59.9 Å². The summed E-state index contributed by atoms with van der Waals surface area (Å²) in [5.74, 6) is 0.396.